The van der Waals surface area contributed by atoms with Crippen molar-refractivity contribution >= 4 is 33.4 Å². The van der Waals surface area contributed by atoms with E-state index in [0.29, 0.717) is 17.1 Å². The van der Waals surface area contributed by atoms with Crippen LogP contribution in [0.5, 0.6) is 0 Å². The number of fused-ring (bicyclic) bond motifs is 1. The highest BCUT2D eigenvalue weighted by atomic mass is 32.1. The smallest absolute Gasteiger partial charge is 0.264 e. The maximum Gasteiger partial charge on any atom is 0.264 e. The summed E-state index contributed by atoms with van der Waals surface area (Å²) in [6.45, 7) is 4.18. The van der Waals surface area contributed by atoms with Gasteiger partial charge in [-0.15, -0.1) is 11.3 Å². The minimum atomic E-state index is -0.339. The average molecular weight is 469 g/mol. The van der Waals surface area contributed by atoms with Gasteiger partial charge in [-0.1, -0.05) is 12.1 Å². The van der Waals surface area contributed by atoms with Crippen LogP contribution in [0.3, 0.4) is 0 Å². The number of carbonyl (C=O) groups is 2. The number of aryl methyl sites for hydroxylation is 1. The molecule has 33 heavy (non-hydrogen) atoms. The van der Waals surface area contributed by atoms with Crippen molar-refractivity contribution in [3.05, 3.63) is 82.4 Å². The van der Waals surface area contributed by atoms with Gasteiger partial charge in [-0.05, 0) is 61.9 Å². The molecule has 6 nitrogen and oxygen atoms in total. The molecule has 0 aliphatic heterocycles. The van der Waals surface area contributed by atoms with Crippen molar-refractivity contribution in [1.82, 2.24) is 20.0 Å². The summed E-state index contributed by atoms with van der Waals surface area (Å²) in [5.41, 5.74) is 2.22. The van der Waals surface area contributed by atoms with Gasteiger partial charge in [0, 0.05) is 18.5 Å². The summed E-state index contributed by atoms with van der Waals surface area (Å²) in [7, 11) is 0. The third-order valence-electron chi connectivity index (χ3n) is 5.23. The molecule has 0 spiro atoms. The Bertz CT molecular complexity index is 1300. The number of carbonyl (C=O) groups excluding carboxylic acids is 2. The van der Waals surface area contributed by atoms with Crippen LogP contribution in [0.4, 0.5) is 8.78 Å². The number of halogens is 2. The predicted molar refractivity (Wildman–Crippen MR) is 123 cm³/mol. The van der Waals surface area contributed by atoms with Crippen LogP contribution >= 0.6 is 11.3 Å². The number of thiophene rings is 1. The molecule has 1 N–H and O–H groups in total. The number of likely N-dealkylation sites (N-methyl/N-ethyl adjacent to an activating group) is 1. The molecule has 170 valence electrons. The highest BCUT2D eigenvalue weighted by Gasteiger charge is 2.22. The predicted octanol–water partition coefficient (Wildman–Crippen LogP) is 4.45. The van der Waals surface area contributed by atoms with E-state index in [1.54, 1.807) is 35.0 Å². The lowest BCUT2D eigenvalue weighted by molar-refractivity contribution is -0.121. The summed E-state index contributed by atoms with van der Waals surface area (Å²) in [5, 5.41) is 8.11. The fourth-order valence-corrected chi connectivity index (χ4v) is 4.58. The Hall–Kier alpha value is -3.59. The fraction of sp³-hybridized carbons (Fsp3) is 0.208. The quantitative estimate of drug-likeness (QED) is 0.436. The van der Waals surface area contributed by atoms with Crippen molar-refractivity contribution in [2.24, 2.45) is 0 Å². The maximum absolute atomic E-state index is 13.3. The number of amides is 2. The highest BCUT2D eigenvalue weighted by molar-refractivity contribution is 7.20. The zero-order valence-electron chi connectivity index (χ0n) is 18.1. The molecule has 0 unspecified atom stereocenters. The molecule has 0 saturated heterocycles. The van der Waals surface area contributed by atoms with Gasteiger partial charge in [0.1, 0.15) is 16.5 Å². The lowest BCUT2D eigenvalue weighted by Gasteiger charge is -2.19. The van der Waals surface area contributed by atoms with E-state index >= 15 is 0 Å². The summed E-state index contributed by atoms with van der Waals surface area (Å²) >= 11 is 1.28. The molecule has 2 heterocycles. The van der Waals surface area contributed by atoms with Crippen molar-refractivity contribution in [2.45, 2.75) is 20.4 Å². The third kappa shape index (κ3) is 4.93. The van der Waals surface area contributed by atoms with Gasteiger partial charge in [-0.3, -0.25) is 9.59 Å². The van der Waals surface area contributed by atoms with E-state index in [1.807, 2.05) is 13.8 Å². The summed E-state index contributed by atoms with van der Waals surface area (Å²) in [4.78, 5) is 28.3. The number of nitrogens with one attached hydrogen (secondary N) is 1. The number of benzene rings is 2. The summed E-state index contributed by atoms with van der Waals surface area (Å²) in [6.07, 6.45) is 0. The second-order valence-electron chi connectivity index (χ2n) is 7.53. The number of hydrogen-bond donors (Lipinski definition) is 1. The van der Waals surface area contributed by atoms with Crippen LogP contribution in [0, 0.1) is 18.6 Å². The lowest BCUT2D eigenvalue weighted by Crippen LogP contribution is -2.40. The minimum Gasteiger partial charge on any atom is -0.350 e. The highest BCUT2D eigenvalue weighted by Crippen LogP contribution is 2.31. The Balaban J connectivity index is 1.49. The number of nitrogens with zero attached hydrogens (tertiary/aromatic N) is 3. The number of hydrogen-bond acceptors (Lipinski definition) is 4. The van der Waals surface area contributed by atoms with Crippen molar-refractivity contribution < 1.29 is 18.4 Å². The summed E-state index contributed by atoms with van der Waals surface area (Å²) in [6, 6.07) is 13.6. The first-order chi connectivity index (χ1) is 15.9. The molecule has 4 rings (SSSR count). The molecular formula is C24H22F2N4O2S. The second kappa shape index (κ2) is 9.50. The standard InChI is InChI=1S/C24H22F2N4O2S/c1-3-29(14-22(31)27-13-16-4-6-17(25)7-5-16)23(32)21-12-20-15(2)28-30(24(20)33-21)19-10-8-18(26)9-11-19/h4-12H,3,13-14H2,1-2H3,(H,27,31). The molecule has 9 heteroatoms. The van der Waals surface area contributed by atoms with Crippen LogP contribution in [0.25, 0.3) is 15.9 Å². The summed E-state index contributed by atoms with van der Waals surface area (Å²) in [5.74, 6) is -1.23. The molecule has 0 bridgehead atoms. The van der Waals surface area contributed by atoms with E-state index in [1.165, 1.54) is 40.5 Å². The van der Waals surface area contributed by atoms with Crippen LogP contribution in [-0.4, -0.2) is 39.6 Å². The molecule has 0 atom stereocenters. The van der Waals surface area contributed by atoms with Gasteiger partial charge in [-0.25, -0.2) is 13.5 Å². The Morgan fingerprint density at radius 1 is 1.06 bits per heavy atom. The fourth-order valence-electron chi connectivity index (χ4n) is 3.43. The zero-order chi connectivity index (χ0) is 23.5. The lowest BCUT2D eigenvalue weighted by atomic mass is 10.2. The van der Waals surface area contributed by atoms with Crippen molar-refractivity contribution in [2.75, 3.05) is 13.1 Å². The first-order valence-corrected chi connectivity index (χ1v) is 11.2. The van der Waals surface area contributed by atoms with Crippen LogP contribution in [0.2, 0.25) is 0 Å². The first-order valence-electron chi connectivity index (χ1n) is 10.4. The molecule has 0 fully saturated rings. The van der Waals surface area contributed by atoms with E-state index in [2.05, 4.69) is 10.4 Å². The van der Waals surface area contributed by atoms with Crippen LogP contribution in [-0.2, 0) is 11.3 Å². The van der Waals surface area contributed by atoms with Gasteiger partial charge >= 0.3 is 0 Å². The average Bonchev–Trinajstić information content (AvgIpc) is 3.38. The molecular weight excluding hydrogens is 446 g/mol. The SMILES string of the molecule is CCN(CC(=O)NCc1ccc(F)cc1)C(=O)c1cc2c(C)nn(-c3ccc(F)cc3)c2s1. The third-order valence-corrected chi connectivity index (χ3v) is 6.33. The van der Waals surface area contributed by atoms with Crippen molar-refractivity contribution in [1.29, 1.82) is 0 Å². The molecule has 0 aliphatic carbocycles. The Kier molecular flexibility index (Phi) is 6.50. The molecule has 0 radical (unpaired) electrons. The van der Waals surface area contributed by atoms with Gasteiger partial charge in [0.25, 0.3) is 5.91 Å². The normalized spacial score (nSPS) is 11.0. The van der Waals surface area contributed by atoms with Crippen molar-refractivity contribution in [3.63, 3.8) is 0 Å². The van der Waals surface area contributed by atoms with Crippen molar-refractivity contribution in [3.8, 4) is 5.69 Å². The molecule has 2 amide bonds. The Morgan fingerprint density at radius 3 is 2.33 bits per heavy atom. The van der Waals surface area contributed by atoms with Gasteiger partial charge in [0.2, 0.25) is 5.91 Å². The van der Waals surface area contributed by atoms with E-state index in [4.69, 9.17) is 0 Å². The van der Waals surface area contributed by atoms with E-state index in [9.17, 15) is 18.4 Å². The monoisotopic (exact) mass is 468 g/mol. The van der Waals surface area contributed by atoms with Gasteiger partial charge in [0.05, 0.1) is 22.8 Å². The minimum absolute atomic E-state index is 0.0894. The number of rotatable bonds is 7. The zero-order valence-corrected chi connectivity index (χ0v) is 19.0. The van der Waals surface area contributed by atoms with Gasteiger partial charge in [-0.2, -0.15) is 5.10 Å². The van der Waals surface area contributed by atoms with Crippen LogP contribution < -0.4 is 5.32 Å². The van der Waals surface area contributed by atoms with E-state index in [-0.39, 0.29) is 36.5 Å². The molecule has 0 aliphatic rings. The summed E-state index contributed by atoms with van der Waals surface area (Å²) < 4.78 is 28.0. The molecule has 2 aromatic carbocycles. The van der Waals surface area contributed by atoms with Gasteiger partial charge < -0.3 is 10.2 Å². The molecule has 0 saturated carbocycles. The second-order valence-corrected chi connectivity index (χ2v) is 8.56. The van der Waals surface area contributed by atoms with E-state index in [0.717, 1.165) is 21.5 Å². The van der Waals surface area contributed by atoms with Crippen LogP contribution in [0.15, 0.2) is 54.6 Å². The molecule has 4 aromatic rings. The molecule has 2 aromatic heterocycles. The Labute approximate surface area is 193 Å². The Morgan fingerprint density at radius 2 is 1.70 bits per heavy atom. The topological polar surface area (TPSA) is 67.2 Å². The largest absolute Gasteiger partial charge is 0.350 e. The van der Waals surface area contributed by atoms with E-state index < -0.39 is 0 Å². The maximum atomic E-state index is 13.3. The first kappa shape index (κ1) is 22.6. The van der Waals surface area contributed by atoms with Gasteiger partial charge in [0.15, 0.2) is 0 Å². The number of aromatic nitrogens is 2. The van der Waals surface area contributed by atoms with Crippen LogP contribution in [0.1, 0.15) is 27.9 Å².